The summed E-state index contributed by atoms with van der Waals surface area (Å²) in [6.07, 6.45) is 2.39. The smallest absolute Gasteiger partial charge is 0.259 e. The molecular formula is C48H53N5O6. The molecule has 0 radical (unpaired) electrons. The average molecular weight is 796 g/mol. The SMILES string of the molecule is COc1cccc(CCC(=O)N2CCc3cc(-c4cc(C(=O)N(C)c5ccc(O)cc5)c(C)n4C)c(C(=O)N4Cc5ccccc5CC4CN4CCOCC4)cc3C2)c1. The van der Waals surface area contributed by atoms with E-state index in [9.17, 15) is 14.7 Å². The lowest BCUT2D eigenvalue weighted by Gasteiger charge is -2.41. The van der Waals surface area contributed by atoms with Crippen molar-refractivity contribution < 1.29 is 29.0 Å². The van der Waals surface area contributed by atoms with Crippen molar-refractivity contribution in [2.24, 2.45) is 7.05 Å². The molecule has 1 saturated heterocycles. The number of aryl methyl sites for hydroxylation is 1. The van der Waals surface area contributed by atoms with Crippen LogP contribution < -0.4 is 9.64 Å². The summed E-state index contributed by atoms with van der Waals surface area (Å²) >= 11 is 0. The number of phenols is 1. The van der Waals surface area contributed by atoms with E-state index in [1.165, 1.54) is 5.56 Å². The van der Waals surface area contributed by atoms with Gasteiger partial charge < -0.3 is 33.8 Å². The highest BCUT2D eigenvalue weighted by Crippen LogP contribution is 2.36. The van der Waals surface area contributed by atoms with Crippen molar-refractivity contribution in [1.82, 2.24) is 19.3 Å². The number of amides is 3. The van der Waals surface area contributed by atoms with Gasteiger partial charge in [0.05, 0.1) is 25.9 Å². The summed E-state index contributed by atoms with van der Waals surface area (Å²) in [5.41, 5.74) is 9.58. The number of aromatic nitrogens is 1. The molecule has 306 valence electrons. The normalized spacial score (nSPS) is 16.6. The van der Waals surface area contributed by atoms with Crippen molar-refractivity contribution >= 4 is 23.4 Å². The predicted octanol–water partition coefficient (Wildman–Crippen LogP) is 6.41. The number of carbonyl (C=O) groups is 3. The maximum atomic E-state index is 15.4. The molecular weight excluding hydrogens is 743 g/mol. The van der Waals surface area contributed by atoms with Gasteiger partial charge in [-0.15, -0.1) is 0 Å². The zero-order valence-electron chi connectivity index (χ0n) is 34.4. The van der Waals surface area contributed by atoms with Crippen LogP contribution in [-0.4, -0.2) is 102 Å². The van der Waals surface area contributed by atoms with E-state index in [-0.39, 0.29) is 29.5 Å². The highest BCUT2D eigenvalue weighted by atomic mass is 16.5. The van der Waals surface area contributed by atoms with E-state index >= 15 is 4.79 Å². The summed E-state index contributed by atoms with van der Waals surface area (Å²) in [6.45, 7) is 7.15. The van der Waals surface area contributed by atoms with E-state index in [0.29, 0.717) is 68.9 Å². The standard InChI is InChI=1S/C48H53N5O6/c1-32-42(47(56)50(3)38-13-15-40(54)16-14-38)28-45(49(32)2)43-26-35-18-19-52(46(55)17-12-33-8-7-11-41(24-33)58-4)29-37(35)27-44(43)48(57)53-30-36-10-6-5-9-34(36)25-39(53)31-51-20-22-59-23-21-51/h5-11,13-16,24,26-28,39,54H,12,17-23,25,29-31H2,1-4H3. The quantitative estimate of drug-likeness (QED) is 0.174. The van der Waals surface area contributed by atoms with Crippen molar-refractivity contribution in [3.8, 4) is 22.8 Å². The molecule has 1 unspecified atom stereocenters. The van der Waals surface area contributed by atoms with E-state index in [0.717, 1.165) is 71.0 Å². The Morgan fingerprint density at radius 3 is 2.37 bits per heavy atom. The number of aromatic hydroxyl groups is 1. The minimum Gasteiger partial charge on any atom is -0.508 e. The Balaban J connectivity index is 1.16. The van der Waals surface area contributed by atoms with Gasteiger partial charge in [0.15, 0.2) is 0 Å². The second kappa shape index (κ2) is 17.1. The Morgan fingerprint density at radius 1 is 0.847 bits per heavy atom. The van der Waals surface area contributed by atoms with Crippen LogP contribution in [0.4, 0.5) is 5.69 Å². The first kappa shape index (κ1) is 39.9. The molecule has 3 aliphatic heterocycles. The van der Waals surface area contributed by atoms with Crippen LogP contribution >= 0.6 is 0 Å². The zero-order chi connectivity index (χ0) is 41.2. The van der Waals surface area contributed by atoms with Crippen LogP contribution in [0.25, 0.3) is 11.3 Å². The number of benzene rings is 4. The fraction of sp³-hybridized carbons (Fsp3) is 0.354. The molecule has 5 aromatic rings. The number of carbonyl (C=O) groups excluding carboxylic acids is 3. The minimum atomic E-state index is -0.192. The molecule has 1 aromatic heterocycles. The van der Waals surface area contributed by atoms with Gasteiger partial charge in [-0.3, -0.25) is 19.3 Å². The lowest BCUT2D eigenvalue weighted by atomic mass is 9.89. The Bertz CT molecular complexity index is 2360. The van der Waals surface area contributed by atoms with Gasteiger partial charge in [0, 0.05) is 94.0 Å². The molecule has 0 spiro atoms. The van der Waals surface area contributed by atoms with Crippen LogP contribution in [0.15, 0.2) is 91.0 Å². The maximum Gasteiger partial charge on any atom is 0.259 e. The lowest BCUT2D eigenvalue weighted by Crippen LogP contribution is -2.52. The monoisotopic (exact) mass is 795 g/mol. The Morgan fingerprint density at radius 2 is 1.61 bits per heavy atom. The molecule has 0 aliphatic carbocycles. The molecule has 8 rings (SSSR count). The molecule has 11 heteroatoms. The number of anilines is 1. The molecule has 1 atom stereocenters. The number of ether oxygens (including phenoxy) is 2. The van der Waals surface area contributed by atoms with Gasteiger partial charge >= 0.3 is 0 Å². The van der Waals surface area contributed by atoms with E-state index < -0.39 is 0 Å². The van der Waals surface area contributed by atoms with Gasteiger partial charge in [0.2, 0.25) is 5.91 Å². The van der Waals surface area contributed by atoms with Gasteiger partial charge in [-0.1, -0.05) is 36.4 Å². The molecule has 3 aliphatic rings. The number of methoxy groups -OCH3 is 1. The molecule has 0 bridgehead atoms. The van der Waals surface area contributed by atoms with Gasteiger partial charge in [-0.25, -0.2) is 0 Å². The number of hydrogen-bond donors (Lipinski definition) is 1. The van der Waals surface area contributed by atoms with Crippen LogP contribution in [0.1, 0.15) is 60.6 Å². The van der Waals surface area contributed by atoms with Crippen molar-refractivity contribution in [2.75, 3.05) is 58.5 Å². The molecule has 0 saturated carbocycles. The number of nitrogens with zero attached hydrogens (tertiary/aromatic N) is 5. The van der Waals surface area contributed by atoms with E-state index in [1.54, 1.807) is 43.3 Å². The summed E-state index contributed by atoms with van der Waals surface area (Å²) in [6, 6.07) is 28.8. The second-order valence-corrected chi connectivity index (χ2v) is 16.0. The van der Waals surface area contributed by atoms with E-state index in [4.69, 9.17) is 9.47 Å². The van der Waals surface area contributed by atoms with Crippen molar-refractivity contribution in [2.45, 2.75) is 51.7 Å². The summed E-state index contributed by atoms with van der Waals surface area (Å²) < 4.78 is 13.1. The van der Waals surface area contributed by atoms with Crippen LogP contribution in [0.5, 0.6) is 11.5 Å². The summed E-state index contributed by atoms with van der Waals surface area (Å²) in [5, 5.41) is 9.86. The average Bonchev–Trinajstić information content (AvgIpc) is 3.57. The van der Waals surface area contributed by atoms with Crippen LogP contribution in [-0.2, 0) is 48.9 Å². The molecule has 11 nitrogen and oxygen atoms in total. The van der Waals surface area contributed by atoms with Gasteiger partial charge in [-0.05, 0) is 109 Å². The summed E-state index contributed by atoms with van der Waals surface area (Å²) in [7, 11) is 5.31. The van der Waals surface area contributed by atoms with Crippen LogP contribution in [0.3, 0.4) is 0 Å². The third kappa shape index (κ3) is 8.35. The highest BCUT2D eigenvalue weighted by Gasteiger charge is 2.35. The summed E-state index contributed by atoms with van der Waals surface area (Å²) in [4.78, 5) is 51.2. The third-order valence-corrected chi connectivity index (χ3v) is 12.5. The second-order valence-electron chi connectivity index (χ2n) is 16.0. The van der Waals surface area contributed by atoms with Gasteiger partial charge in [-0.2, -0.15) is 0 Å². The van der Waals surface area contributed by atoms with Crippen LogP contribution in [0.2, 0.25) is 0 Å². The van der Waals surface area contributed by atoms with E-state index in [2.05, 4.69) is 29.2 Å². The van der Waals surface area contributed by atoms with Gasteiger partial charge in [0.25, 0.3) is 11.8 Å². The topological polar surface area (TPSA) is 108 Å². The fourth-order valence-electron chi connectivity index (χ4n) is 8.82. The number of hydrogen-bond acceptors (Lipinski definition) is 7. The first-order valence-corrected chi connectivity index (χ1v) is 20.6. The molecule has 4 heterocycles. The lowest BCUT2D eigenvalue weighted by molar-refractivity contribution is -0.132. The number of morpholine rings is 1. The maximum absolute atomic E-state index is 15.4. The first-order chi connectivity index (χ1) is 28.6. The van der Waals surface area contributed by atoms with Gasteiger partial charge in [0.1, 0.15) is 11.5 Å². The van der Waals surface area contributed by atoms with Crippen molar-refractivity contribution in [1.29, 1.82) is 0 Å². The first-order valence-electron chi connectivity index (χ1n) is 20.6. The highest BCUT2D eigenvalue weighted by molar-refractivity contribution is 6.08. The van der Waals surface area contributed by atoms with E-state index in [1.807, 2.05) is 70.8 Å². The molecule has 1 N–H and O–H groups in total. The molecule has 4 aromatic carbocycles. The number of fused-ring (bicyclic) bond motifs is 2. The Kier molecular flexibility index (Phi) is 11.6. The molecule has 1 fully saturated rings. The largest absolute Gasteiger partial charge is 0.508 e. The molecule has 3 amide bonds. The zero-order valence-corrected chi connectivity index (χ0v) is 34.4. The Hall–Kier alpha value is -5.91. The fourth-order valence-corrected chi connectivity index (χ4v) is 8.82. The Labute approximate surface area is 346 Å². The molecule has 59 heavy (non-hydrogen) atoms. The summed E-state index contributed by atoms with van der Waals surface area (Å²) in [5.74, 6) is 0.718. The van der Waals surface area contributed by atoms with Crippen molar-refractivity contribution in [3.05, 3.63) is 136 Å². The predicted molar refractivity (Wildman–Crippen MR) is 228 cm³/mol. The third-order valence-electron chi connectivity index (χ3n) is 12.5. The minimum absolute atomic E-state index is 0.0553. The number of rotatable bonds is 10. The van der Waals surface area contributed by atoms with Crippen molar-refractivity contribution in [3.63, 3.8) is 0 Å². The van der Waals surface area contributed by atoms with Crippen LogP contribution in [0, 0.1) is 6.92 Å². The number of phenolic OH excluding ortho intramolecular Hbond substituents is 1.